The molecule has 0 aliphatic carbocycles. The summed E-state index contributed by atoms with van der Waals surface area (Å²) < 4.78 is 5.48. The first-order chi connectivity index (χ1) is 8.66. The summed E-state index contributed by atoms with van der Waals surface area (Å²) in [6, 6.07) is 7.63. The van der Waals surface area contributed by atoms with E-state index in [1.54, 1.807) is 4.90 Å². The van der Waals surface area contributed by atoms with Crippen molar-refractivity contribution >= 4 is 11.6 Å². The number of nitrogen functional groups attached to an aromatic ring is 1. The molecule has 1 unspecified atom stereocenters. The molecule has 0 aromatic heterocycles. The molecule has 2 N–H and O–H groups in total. The molecular formula is C14H20N2O2. The predicted octanol–water partition coefficient (Wildman–Crippen LogP) is 1.80. The predicted molar refractivity (Wildman–Crippen MR) is 70.9 cm³/mol. The van der Waals surface area contributed by atoms with Crippen LogP contribution in [0, 0.1) is 0 Å². The molecule has 1 aliphatic rings. The molecule has 0 spiro atoms. The number of amides is 1. The summed E-state index contributed by atoms with van der Waals surface area (Å²) in [7, 11) is 1.81. The van der Waals surface area contributed by atoms with Crippen molar-refractivity contribution < 1.29 is 9.53 Å². The lowest BCUT2D eigenvalue weighted by atomic mass is 10.1. The highest BCUT2D eigenvalue weighted by atomic mass is 16.5. The van der Waals surface area contributed by atoms with E-state index in [1.807, 2.05) is 31.3 Å². The van der Waals surface area contributed by atoms with Gasteiger partial charge in [0.1, 0.15) is 0 Å². The lowest BCUT2D eigenvalue weighted by Gasteiger charge is -2.20. The van der Waals surface area contributed by atoms with E-state index in [4.69, 9.17) is 10.5 Å². The first-order valence-electron chi connectivity index (χ1n) is 6.36. The molecule has 1 amide bonds. The van der Waals surface area contributed by atoms with Crippen LogP contribution < -0.4 is 5.73 Å². The van der Waals surface area contributed by atoms with E-state index in [0.29, 0.717) is 13.0 Å². The molecule has 4 nitrogen and oxygen atoms in total. The highest BCUT2D eigenvalue weighted by Crippen LogP contribution is 2.18. The number of hydrogen-bond acceptors (Lipinski definition) is 3. The minimum atomic E-state index is 0.105. The maximum atomic E-state index is 12.0. The Hall–Kier alpha value is -1.55. The summed E-state index contributed by atoms with van der Waals surface area (Å²) in [5.41, 5.74) is 7.59. The van der Waals surface area contributed by atoms with E-state index >= 15 is 0 Å². The number of anilines is 1. The Kier molecular flexibility index (Phi) is 4.20. The van der Waals surface area contributed by atoms with Crippen LogP contribution in [0.2, 0.25) is 0 Å². The minimum Gasteiger partial charge on any atom is -0.398 e. The van der Waals surface area contributed by atoms with Crippen molar-refractivity contribution in [2.45, 2.75) is 31.9 Å². The normalized spacial score (nSPS) is 18.8. The number of nitrogens with zero attached hydrogens (tertiary/aromatic N) is 1. The number of carbonyl (C=O) groups is 1. The molecule has 1 saturated heterocycles. The average Bonchev–Trinajstić information content (AvgIpc) is 2.84. The van der Waals surface area contributed by atoms with Crippen LogP contribution in [0.5, 0.6) is 0 Å². The van der Waals surface area contributed by atoms with E-state index in [2.05, 4.69) is 0 Å². The number of nitrogens with two attached hydrogens (primary N) is 1. The van der Waals surface area contributed by atoms with Crippen molar-refractivity contribution in [2.75, 3.05) is 19.4 Å². The Morgan fingerprint density at radius 1 is 1.50 bits per heavy atom. The van der Waals surface area contributed by atoms with E-state index in [9.17, 15) is 4.79 Å². The first-order valence-corrected chi connectivity index (χ1v) is 6.36. The van der Waals surface area contributed by atoms with Crippen molar-refractivity contribution in [2.24, 2.45) is 0 Å². The monoisotopic (exact) mass is 248 g/mol. The smallest absolute Gasteiger partial charge is 0.225 e. The number of carbonyl (C=O) groups excluding carboxylic acids is 1. The van der Waals surface area contributed by atoms with Crippen LogP contribution in [0.1, 0.15) is 24.8 Å². The highest BCUT2D eigenvalue weighted by Gasteiger charge is 2.21. The zero-order valence-electron chi connectivity index (χ0n) is 10.8. The van der Waals surface area contributed by atoms with Gasteiger partial charge in [-0.25, -0.2) is 0 Å². The largest absolute Gasteiger partial charge is 0.398 e. The van der Waals surface area contributed by atoms with Crippen LogP contribution in [0.4, 0.5) is 5.69 Å². The van der Waals surface area contributed by atoms with Gasteiger partial charge in [0, 0.05) is 25.9 Å². The third-order valence-electron chi connectivity index (χ3n) is 3.31. The van der Waals surface area contributed by atoms with Crippen molar-refractivity contribution in [3.8, 4) is 0 Å². The number of para-hydroxylation sites is 1. The fraction of sp³-hybridized carbons (Fsp3) is 0.500. The van der Waals surface area contributed by atoms with Gasteiger partial charge in [-0.15, -0.1) is 0 Å². The molecule has 1 heterocycles. The Morgan fingerprint density at radius 2 is 2.28 bits per heavy atom. The summed E-state index contributed by atoms with van der Waals surface area (Å²) in [4.78, 5) is 13.7. The standard InChI is InChI=1S/C14H20N2O2/c1-16(10-11-5-2-3-7-13(11)15)14(17)9-12-6-4-8-18-12/h2-3,5,7,12H,4,6,8-10,15H2,1H3. The first kappa shape index (κ1) is 12.9. The van der Waals surface area contributed by atoms with Gasteiger partial charge in [-0.3, -0.25) is 4.79 Å². The van der Waals surface area contributed by atoms with Gasteiger partial charge in [0.15, 0.2) is 0 Å². The molecule has 0 bridgehead atoms. The van der Waals surface area contributed by atoms with Gasteiger partial charge < -0.3 is 15.4 Å². The maximum Gasteiger partial charge on any atom is 0.225 e. The lowest BCUT2D eigenvalue weighted by molar-refractivity contribution is -0.132. The molecule has 98 valence electrons. The van der Waals surface area contributed by atoms with Gasteiger partial charge in [0.2, 0.25) is 5.91 Å². The molecule has 1 fully saturated rings. The SMILES string of the molecule is CN(Cc1ccccc1N)C(=O)CC1CCCO1. The second-order valence-electron chi connectivity index (χ2n) is 4.79. The maximum absolute atomic E-state index is 12.0. The van der Waals surface area contributed by atoms with Crippen molar-refractivity contribution in [3.05, 3.63) is 29.8 Å². The topological polar surface area (TPSA) is 55.6 Å². The molecule has 0 radical (unpaired) electrons. The average molecular weight is 248 g/mol. The summed E-state index contributed by atoms with van der Waals surface area (Å²) in [5.74, 6) is 0.116. The summed E-state index contributed by atoms with van der Waals surface area (Å²) in [6.07, 6.45) is 2.64. The quantitative estimate of drug-likeness (QED) is 0.827. The third-order valence-corrected chi connectivity index (χ3v) is 3.31. The summed E-state index contributed by atoms with van der Waals surface area (Å²) in [5, 5.41) is 0. The Balaban J connectivity index is 1.89. The summed E-state index contributed by atoms with van der Waals surface area (Å²) in [6.45, 7) is 1.34. The van der Waals surface area contributed by atoms with Crippen LogP contribution in [-0.4, -0.2) is 30.6 Å². The van der Waals surface area contributed by atoms with Gasteiger partial charge in [0.25, 0.3) is 0 Å². The minimum absolute atomic E-state index is 0.105. The van der Waals surface area contributed by atoms with Crippen molar-refractivity contribution in [3.63, 3.8) is 0 Å². The van der Waals surface area contributed by atoms with E-state index in [1.165, 1.54) is 0 Å². The Morgan fingerprint density at radius 3 is 2.94 bits per heavy atom. The molecule has 18 heavy (non-hydrogen) atoms. The second-order valence-corrected chi connectivity index (χ2v) is 4.79. The fourth-order valence-electron chi connectivity index (χ4n) is 2.18. The van der Waals surface area contributed by atoms with Gasteiger partial charge in [0.05, 0.1) is 12.5 Å². The van der Waals surface area contributed by atoms with Crippen molar-refractivity contribution in [1.29, 1.82) is 0 Å². The lowest BCUT2D eigenvalue weighted by Crippen LogP contribution is -2.29. The van der Waals surface area contributed by atoms with Crippen LogP contribution in [0.15, 0.2) is 24.3 Å². The van der Waals surface area contributed by atoms with Gasteiger partial charge >= 0.3 is 0 Å². The number of benzene rings is 1. The molecule has 4 heteroatoms. The van der Waals surface area contributed by atoms with Crippen LogP contribution >= 0.6 is 0 Å². The zero-order chi connectivity index (χ0) is 13.0. The molecule has 1 aliphatic heterocycles. The number of ether oxygens (including phenoxy) is 1. The molecular weight excluding hydrogens is 228 g/mol. The van der Waals surface area contributed by atoms with Crippen LogP contribution in [0.3, 0.4) is 0 Å². The Bertz CT molecular complexity index is 414. The van der Waals surface area contributed by atoms with Gasteiger partial charge in [-0.1, -0.05) is 18.2 Å². The fourth-order valence-corrected chi connectivity index (χ4v) is 2.18. The van der Waals surface area contributed by atoms with Crippen molar-refractivity contribution in [1.82, 2.24) is 4.90 Å². The van der Waals surface area contributed by atoms with Crippen LogP contribution in [0.25, 0.3) is 0 Å². The van der Waals surface area contributed by atoms with Gasteiger partial charge in [-0.05, 0) is 24.5 Å². The molecule has 2 rings (SSSR count). The zero-order valence-corrected chi connectivity index (χ0v) is 10.8. The number of rotatable bonds is 4. The van der Waals surface area contributed by atoms with Crippen LogP contribution in [-0.2, 0) is 16.1 Å². The molecule has 1 atom stereocenters. The molecule has 1 aromatic rings. The van der Waals surface area contributed by atoms with E-state index in [-0.39, 0.29) is 12.0 Å². The third kappa shape index (κ3) is 3.23. The Labute approximate surface area is 108 Å². The van der Waals surface area contributed by atoms with E-state index < -0.39 is 0 Å². The highest BCUT2D eigenvalue weighted by molar-refractivity contribution is 5.76. The summed E-state index contributed by atoms with van der Waals surface area (Å²) >= 11 is 0. The molecule has 0 saturated carbocycles. The number of hydrogen-bond donors (Lipinski definition) is 1. The van der Waals surface area contributed by atoms with E-state index in [0.717, 1.165) is 30.7 Å². The van der Waals surface area contributed by atoms with Gasteiger partial charge in [-0.2, -0.15) is 0 Å². The second kappa shape index (κ2) is 5.87. The molecule has 1 aromatic carbocycles.